The number of ether oxygens (including phenoxy) is 2. The van der Waals surface area contributed by atoms with E-state index in [9.17, 15) is 9.59 Å². The van der Waals surface area contributed by atoms with E-state index in [4.69, 9.17) is 13.9 Å². The predicted octanol–water partition coefficient (Wildman–Crippen LogP) is 4.45. The van der Waals surface area contributed by atoms with E-state index in [1.54, 1.807) is 27.0 Å². The zero-order chi connectivity index (χ0) is 21.7. The Kier molecular flexibility index (Phi) is 6.89. The van der Waals surface area contributed by atoms with Gasteiger partial charge < -0.3 is 19.2 Å². The van der Waals surface area contributed by atoms with E-state index in [1.807, 2.05) is 37.3 Å². The van der Waals surface area contributed by atoms with Gasteiger partial charge in [-0.15, -0.1) is 11.3 Å². The Bertz CT molecular complexity index is 1040. The van der Waals surface area contributed by atoms with Crippen LogP contribution in [-0.4, -0.2) is 30.6 Å². The van der Waals surface area contributed by atoms with E-state index < -0.39 is 12.0 Å². The highest BCUT2D eigenvalue weighted by Crippen LogP contribution is 2.31. The van der Waals surface area contributed by atoms with Crippen LogP contribution in [0.1, 0.15) is 46.1 Å². The lowest BCUT2D eigenvalue weighted by Gasteiger charge is -2.20. The lowest BCUT2D eigenvalue weighted by atomic mass is 10.0. The highest BCUT2D eigenvalue weighted by Gasteiger charge is 2.25. The summed E-state index contributed by atoms with van der Waals surface area (Å²) >= 11 is 1.25. The van der Waals surface area contributed by atoms with Gasteiger partial charge in [0.25, 0.3) is 5.91 Å². The van der Waals surface area contributed by atoms with Gasteiger partial charge in [0.05, 0.1) is 31.9 Å². The highest BCUT2D eigenvalue weighted by atomic mass is 32.1. The number of esters is 1. The summed E-state index contributed by atoms with van der Waals surface area (Å²) in [6.07, 6.45) is -0.0119. The van der Waals surface area contributed by atoms with Crippen LogP contribution in [0, 0.1) is 13.8 Å². The van der Waals surface area contributed by atoms with E-state index in [0.717, 1.165) is 5.76 Å². The molecule has 158 valence electrons. The number of para-hydroxylation sites is 1. The fourth-order valence-electron chi connectivity index (χ4n) is 3.07. The van der Waals surface area contributed by atoms with Gasteiger partial charge in [0.15, 0.2) is 10.8 Å². The molecule has 1 N–H and O–H groups in total. The molecule has 1 aromatic carbocycles. The van der Waals surface area contributed by atoms with Crippen LogP contribution >= 0.6 is 11.3 Å². The Hall–Kier alpha value is -3.13. The van der Waals surface area contributed by atoms with Gasteiger partial charge in [-0.2, -0.15) is 0 Å². The molecule has 0 aliphatic carbocycles. The van der Waals surface area contributed by atoms with Crippen molar-refractivity contribution in [1.82, 2.24) is 10.3 Å². The van der Waals surface area contributed by atoms with Crippen LogP contribution in [0.5, 0.6) is 5.75 Å². The third kappa shape index (κ3) is 4.88. The van der Waals surface area contributed by atoms with Crippen LogP contribution in [0.2, 0.25) is 0 Å². The zero-order valence-corrected chi connectivity index (χ0v) is 18.2. The number of hydrogen-bond donors (Lipinski definition) is 1. The molecule has 0 unspecified atom stereocenters. The van der Waals surface area contributed by atoms with Crippen LogP contribution in [0.15, 0.2) is 40.8 Å². The number of hydrogen-bond acceptors (Lipinski definition) is 7. The summed E-state index contributed by atoms with van der Waals surface area (Å²) in [6, 6.07) is 10.3. The smallest absolute Gasteiger partial charge is 0.308 e. The van der Waals surface area contributed by atoms with Crippen LogP contribution in [0.4, 0.5) is 0 Å². The Labute approximate surface area is 179 Å². The van der Waals surface area contributed by atoms with Crippen molar-refractivity contribution in [3.63, 3.8) is 0 Å². The Morgan fingerprint density at radius 1 is 1.20 bits per heavy atom. The molecule has 1 atom stereocenters. The number of aryl methyl sites for hydroxylation is 2. The number of aromatic nitrogens is 1. The van der Waals surface area contributed by atoms with Gasteiger partial charge in [-0.1, -0.05) is 18.2 Å². The summed E-state index contributed by atoms with van der Waals surface area (Å²) in [6.45, 7) is 5.64. The lowest BCUT2D eigenvalue weighted by molar-refractivity contribution is -0.143. The summed E-state index contributed by atoms with van der Waals surface area (Å²) in [5, 5.41) is 3.57. The molecule has 0 radical (unpaired) electrons. The molecule has 0 spiro atoms. The molecule has 0 aliphatic heterocycles. The standard InChI is InChI=1S/C22H24N2O5S/c1-5-28-19(25)12-16(15-8-6-7-9-17(15)27-4)24-21(26)20-14(3)23-22(30-20)18-11-10-13(2)29-18/h6-11,16H,5,12H2,1-4H3,(H,24,26)/t16-/m1/s1. The molecular formula is C22H24N2O5S. The van der Waals surface area contributed by atoms with Crippen LogP contribution in [0.25, 0.3) is 10.8 Å². The molecule has 0 fully saturated rings. The first kappa shape index (κ1) is 21.6. The number of carbonyl (C=O) groups is 2. The van der Waals surface area contributed by atoms with Gasteiger partial charge in [-0.05, 0) is 39.0 Å². The average Bonchev–Trinajstić information content (AvgIpc) is 3.33. The van der Waals surface area contributed by atoms with Crippen molar-refractivity contribution in [1.29, 1.82) is 0 Å². The van der Waals surface area contributed by atoms with Crippen LogP contribution in [-0.2, 0) is 9.53 Å². The number of furan rings is 1. The number of amides is 1. The quantitative estimate of drug-likeness (QED) is 0.533. The average molecular weight is 429 g/mol. The topological polar surface area (TPSA) is 90.7 Å². The van der Waals surface area contributed by atoms with Crippen molar-refractivity contribution in [3.8, 4) is 16.5 Å². The maximum Gasteiger partial charge on any atom is 0.308 e. The molecule has 2 heterocycles. The number of rotatable bonds is 8. The first-order valence-corrected chi connectivity index (χ1v) is 10.4. The van der Waals surface area contributed by atoms with Gasteiger partial charge in [-0.25, -0.2) is 4.98 Å². The maximum absolute atomic E-state index is 13.1. The predicted molar refractivity (Wildman–Crippen MR) is 114 cm³/mol. The van der Waals surface area contributed by atoms with E-state index in [2.05, 4.69) is 10.3 Å². The van der Waals surface area contributed by atoms with Gasteiger partial charge in [0, 0.05) is 5.56 Å². The summed E-state index contributed by atoms with van der Waals surface area (Å²) in [7, 11) is 1.55. The third-order valence-electron chi connectivity index (χ3n) is 4.45. The van der Waals surface area contributed by atoms with Crippen molar-refractivity contribution in [3.05, 3.63) is 58.3 Å². The van der Waals surface area contributed by atoms with E-state index in [1.165, 1.54) is 11.3 Å². The summed E-state index contributed by atoms with van der Waals surface area (Å²) in [5.74, 6) is 1.25. The number of carbonyl (C=O) groups excluding carboxylic acids is 2. The molecule has 3 rings (SSSR count). The zero-order valence-electron chi connectivity index (χ0n) is 17.4. The van der Waals surface area contributed by atoms with Gasteiger partial charge in [0.2, 0.25) is 0 Å². The maximum atomic E-state index is 13.1. The van der Waals surface area contributed by atoms with Crippen LogP contribution in [0.3, 0.4) is 0 Å². The second-order valence-electron chi connectivity index (χ2n) is 6.62. The van der Waals surface area contributed by atoms with E-state index in [-0.39, 0.29) is 18.9 Å². The molecule has 0 aliphatic rings. The number of benzene rings is 1. The van der Waals surface area contributed by atoms with Crippen molar-refractivity contribution >= 4 is 23.2 Å². The van der Waals surface area contributed by atoms with Gasteiger partial charge in [0.1, 0.15) is 16.4 Å². The van der Waals surface area contributed by atoms with E-state index in [0.29, 0.717) is 32.7 Å². The molecule has 30 heavy (non-hydrogen) atoms. The first-order valence-electron chi connectivity index (χ1n) is 9.56. The summed E-state index contributed by atoms with van der Waals surface area (Å²) in [5.41, 5.74) is 1.29. The van der Waals surface area contributed by atoms with Crippen LogP contribution < -0.4 is 10.1 Å². The largest absolute Gasteiger partial charge is 0.496 e. The molecule has 0 saturated heterocycles. The highest BCUT2D eigenvalue weighted by molar-refractivity contribution is 7.17. The number of methoxy groups -OCH3 is 1. The first-order chi connectivity index (χ1) is 14.4. The van der Waals surface area contributed by atoms with Crippen molar-refractivity contribution in [2.24, 2.45) is 0 Å². The fraction of sp³-hybridized carbons (Fsp3) is 0.318. The molecule has 0 bridgehead atoms. The molecule has 2 aromatic heterocycles. The number of nitrogens with zero attached hydrogens (tertiary/aromatic N) is 1. The second kappa shape index (κ2) is 9.58. The Morgan fingerprint density at radius 3 is 2.63 bits per heavy atom. The number of nitrogens with one attached hydrogen (secondary N) is 1. The summed E-state index contributed by atoms with van der Waals surface area (Å²) < 4.78 is 16.1. The van der Waals surface area contributed by atoms with Gasteiger partial charge >= 0.3 is 5.97 Å². The molecule has 8 heteroatoms. The summed E-state index contributed by atoms with van der Waals surface area (Å²) in [4.78, 5) is 30.2. The molecule has 7 nitrogen and oxygen atoms in total. The minimum absolute atomic E-state index is 0.0119. The van der Waals surface area contributed by atoms with Crippen molar-refractivity contribution < 1.29 is 23.5 Å². The van der Waals surface area contributed by atoms with Crippen molar-refractivity contribution in [2.45, 2.75) is 33.2 Å². The Morgan fingerprint density at radius 2 is 1.97 bits per heavy atom. The third-order valence-corrected chi connectivity index (χ3v) is 5.62. The monoisotopic (exact) mass is 428 g/mol. The lowest BCUT2D eigenvalue weighted by Crippen LogP contribution is -2.31. The minimum Gasteiger partial charge on any atom is -0.496 e. The Balaban J connectivity index is 1.87. The molecule has 3 aromatic rings. The molecule has 1 amide bonds. The number of thiazole rings is 1. The second-order valence-corrected chi connectivity index (χ2v) is 7.62. The SMILES string of the molecule is CCOC(=O)C[C@@H](NC(=O)c1sc(-c2ccc(C)o2)nc1C)c1ccccc1OC. The normalized spacial score (nSPS) is 11.7. The molecular weight excluding hydrogens is 404 g/mol. The van der Waals surface area contributed by atoms with Gasteiger partial charge in [-0.3, -0.25) is 9.59 Å². The fourth-order valence-corrected chi connectivity index (χ4v) is 4.00. The van der Waals surface area contributed by atoms with Crippen molar-refractivity contribution in [2.75, 3.05) is 13.7 Å². The minimum atomic E-state index is -0.608. The van der Waals surface area contributed by atoms with E-state index >= 15 is 0 Å². The molecule has 0 saturated carbocycles.